The number of aromatic nitrogens is 1. The number of pyridine rings is 1. The van der Waals surface area contributed by atoms with Gasteiger partial charge in [0.05, 0.1) is 18.8 Å². The molecule has 3 atom stereocenters. The fraction of sp³-hybridized carbons (Fsp3) is 0.643. The van der Waals surface area contributed by atoms with Gasteiger partial charge in [0.1, 0.15) is 5.82 Å². The summed E-state index contributed by atoms with van der Waals surface area (Å²) in [6, 6.07) is 4.62. The van der Waals surface area contributed by atoms with Crippen molar-refractivity contribution in [3.63, 3.8) is 0 Å². The highest BCUT2D eigenvalue weighted by molar-refractivity contribution is 5.48. The summed E-state index contributed by atoms with van der Waals surface area (Å²) >= 11 is 0. The van der Waals surface area contributed by atoms with Crippen LogP contribution < -0.4 is 10.6 Å². The van der Waals surface area contributed by atoms with E-state index in [0.29, 0.717) is 6.04 Å². The van der Waals surface area contributed by atoms with Crippen LogP contribution in [0.1, 0.15) is 26.3 Å². The molecular weight excluding hydrogens is 226 g/mol. The molecule has 1 aromatic rings. The number of rotatable bonds is 3. The van der Waals surface area contributed by atoms with Crippen molar-refractivity contribution in [2.24, 2.45) is 5.73 Å². The predicted molar refractivity (Wildman–Crippen MR) is 73.8 cm³/mol. The van der Waals surface area contributed by atoms with Crippen LogP contribution in [0.15, 0.2) is 18.3 Å². The smallest absolute Gasteiger partial charge is 0.132 e. The van der Waals surface area contributed by atoms with E-state index in [9.17, 15) is 0 Å². The Kier molecular flexibility index (Phi) is 4.19. The zero-order valence-electron chi connectivity index (χ0n) is 11.5. The van der Waals surface area contributed by atoms with Crippen molar-refractivity contribution in [2.75, 3.05) is 18.1 Å². The molecule has 2 rings (SSSR count). The van der Waals surface area contributed by atoms with Gasteiger partial charge in [0, 0.05) is 18.8 Å². The van der Waals surface area contributed by atoms with Gasteiger partial charge in [-0.05, 0) is 38.8 Å². The van der Waals surface area contributed by atoms with E-state index < -0.39 is 0 Å². The molecule has 0 aromatic carbocycles. The Labute approximate surface area is 109 Å². The summed E-state index contributed by atoms with van der Waals surface area (Å²) in [5, 5.41) is 0. The average Bonchev–Trinajstić information content (AvgIpc) is 2.32. The van der Waals surface area contributed by atoms with Crippen LogP contribution in [0.4, 0.5) is 5.82 Å². The van der Waals surface area contributed by atoms with Crippen molar-refractivity contribution in [1.82, 2.24) is 4.98 Å². The molecule has 4 nitrogen and oxygen atoms in total. The lowest BCUT2D eigenvalue weighted by Gasteiger charge is -2.38. The normalized spacial score (nSPS) is 26.1. The third-order valence-corrected chi connectivity index (χ3v) is 3.29. The van der Waals surface area contributed by atoms with Crippen molar-refractivity contribution in [2.45, 2.75) is 45.4 Å². The molecule has 0 saturated carbocycles. The van der Waals surface area contributed by atoms with Gasteiger partial charge in [-0.3, -0.25) is 0 Å². The minimum atomic E-state index is 0.154. The lowest BCUT2D eigenvalue weighted by atomic mass is 10.1. The molecule has 2 N–H and O–H groups in total. The molecule has 1 aliphatic heterocycles. The van der Waals surface area contributed by atoms with Crippen LogP contribution in [0.5, 0.6) is 0 Å². The highest BCUT2D eigenvalue weighted by Crippen LogP contribution is 2.24. The second-order valence-corrected chi connectivity index (χ2v) is 5.31. The number of nitrogens with zero attached hydrogens (tertiary/aromatic N) is 2. The Balaban J connectivity index is 2.25. The van der Waals surface area contributed by atoms with Gasteiger partial charge >= 0.3 is 0 Å². The summed E-state index contributed by atoms with van der Waals surface area (Å²) in [6.45, 7) is 7.96. The highest BCUT2D eigenvalue weighted by Gasteiger charge is 2.26. The zero-order valence-corrected chi connectivity index (χ0v) is 11.5. The molecule has 0 radical (unpaired) electrons. The van der Waals surface area contributed by atoms with Crippen LogP contribution in [0.2, 0.25) is 0 Å². The first-order valence-corrected chi connectivity index (χ1v) is 6.65. The van der Waals surface area contributed by atoms with E-state index in [1.54, 1.807) is 0 Å². The number of anilines is 1. The van der Waals surface area contributed by atoms with Crippen molar-refractivity contribution in [1.29, 1.82) is 0 Å². The van der Waals surface area contributed by atoms with E-state index in [1.165, 1.54) is 5.56 Å². The SMILES string of the molecule is CC(N)Cc1cccnc1N1CC(C)OCC1C. The van der Waals surface area contributed by atoms with Crippen LogP contribution in [0.3, 0.4) is 0 Å². The van der Waals surface area contributed by atoms with E-state index in [-0.39, 0.29) is 12.1 Å². The van der Waals surface area contributed by atoms with Crippen molar-refractivity contribution in [3.05, 3.63) is 23.9 Å². The van der Waals surface area contributed by atoms with Gasteiger partial charge < -0.3 is 15.4 Å². The Hall–Kier alpha value is -1.13. The molecular formula is C14H23N3O. The topological polar surface area (TPSA) is 51.4 Å². The Morgan fingerprint density at radius 3 is 3.06 bits per heavy atom. The first-order valence-electron chi connectivity index (χ1n) is 6.65. The second-order valence-electron chi connectivity index (χ2n) is 5.31. The van der Waals surface area contributed by atoms with E-state index in [1.807, 2.05) is 19.2 Å². The summed E-state index contributed by atoms with van der Waals surface area (Å²) < 4.78 is 5.67. The molecule has 1 aliphatic rings. The van der Waals surface area contributed by atoms with Crippen molar-refractivity contribution < 1.29 is 4.74 Å². The second kappa shape index (κ2) is 5.67. The molecule has 0 bridgehead atoms. The molecule has 18 heavy (non-hydrogen) atoms. The summed E-state index contributed by atoms with van der Waals surface area (Å²) in [5.41, 5.74) is 7.14. The highest BCUT2D eigenvalue weighted by atomic mass is 16.5. The van der Waals surface area contributed by atoms with E-state index in [4.69, 9.17) is 10.5 Å². The van der Waals surface area contributed by atoms with Gasteiger partial charge in [0.2, 0.25) is 0 Å². The number of hydrogen-bond donors (Lipinski definition) is 1. The predicted octanol–water partition coefficient (Wildman–Crippen LogP) is 1.58. The molecule has 0 amide bonds. The van der Waals surface area contributed by atoms with E-state index in [2.05, 4.69) is 29.8 Å². The number of morpholine rings is 1. The summed E-state index contributed by atoms with van der Waals surface area (Å²) in [6.07, 6.45) is 2.97. The van der Waals surface area contributed by atoms with Gasteiger partial charge in [0.25, 0.3) is 0 Å². The largest absolute Gasteiger partial charge is 0.375 e. The van der Waals surface area contributed by atoms with Gasteiger partial charge in [0.15, 0.2) is 0 Å². The van der Waals surface area contributed by atoms with Crippen LogP contribution in [0, 0.1) is 0 Å². The van der Waals surface area contributed by atoms with Crippen molar-refractivity contribution in [3.8, 4) is 0 Å². The van der Waals surface area contributed by atoms with E-state index in [0.717, 1.165) is 25.4 Å². The molecule has 100 valence electrons. The third-order valence-electron chi connectivity index (χ3n) is 3.29. The van der Waals surface area contributed by atoms with Crippen LogP contribution in [-0.4, -0.2) is 36.3 Å². The molecule has 1 fully saturated rings. The first-order chi connectivity index (χ1) is 8.58. The van der Waals surface area contributed by atoms with Crippen molar-refractivity contribution >= 4 is 5.82 Å². The maximum Gasteiger partial charge on any atom is 0.132 e. The van der Waals surface area contributed by atoms with Crippen LogP contribution in [-0.2, 0) is 11.2 Å². The maximum absolute atomic E-state index is 5.91. The molecule has 2 heterocycles. The Morgan fingerprint density at radius 2 is 2.33 bits per heavy atom. The zero-order chi connectivity index (χ0) is 13.1. The standard InChI is InChI=1S/C14H23N3O/c1-10(15)7-13-5-4-6-16-14(13)17-8-12(3)18-9-11(17)2/h4-6,10-12H,7-9,15H2,1-3H3. The fourth-order valence-electron chi connectivity index (χ4n) is 2.39. The number of ether oxygens (including phenoxy) is 1. The van der Waals surface area contributed by atoms with E-state index >= 15 is 0 Å². The summed E-state index contributed by atoms with van der Waals surface area (Å²) in [7, 11) is 0. The van der Waals surface area contributed by atoms with Gasteiger partial charge in [-0.25, -0.2) is 4.98 Å². The minimum absolute atomic E-state index is 0.154. The monoisotopic (exact) mass is 249 g/mol. The first kappa shape index (κ1) is 13.3. The van der Waals surface area contributed by atoms with Gasteiger partial charge in [-0.2, -0.15) is 0 Å². The number of hydrogen-bond acceptors (Lipinski definition) is 4. The Bertz CT molecular complexity index is 394. The lowest BCUT2D eigenvalue weighted by molar-refractivity contribution is 0.0340. The third kappa shape index (κ3) is 3.00. The molecule has 0 spiro atoms. The summed E-state index contributed by atoms with van der Waals surface area (Å²) in [4.78, 5) is 6.89. The quantitative estimate of drug-likeness (QED) is 0.883. The number of nitrogens with two attached hydrogens (primary N) is 1. The molecule has 1 saturated heterocycles. The molecule has 1 aromatic heterocycles. The minimum Gasteiger partial charge on any atom is -0.375 e. The summed E-state index contributed by atoms with van der Waals surface area (Å²) in [5.74, 6) is 1.07. The molecule has 3 unspecified atom stereocenters. The lowest BCUT2D eigenvalue weighted by Crippen LogP contribution is -2.48. The van der Waals surface area contributed by atoms with Crippen LogP contribution in [0.25, 0.3) is 0 Å². The van der Waals surface area contributed by atoms with Gasteiger partial charge in [-0.1, -0.05) is 6.07 Å². The molecule has 4 heteroatoms. The van der Waals surface area contributed by atoms with Gasteiger partial charge in [-0.15, -0.1) is 0 Å². The van der Waals surface area contributed by atoms with Crippen LogP contribution >= 0.6 is 0 Å². The molecule has 0 aliphatic carbocycles. The fourth-order valence-corrected chi connectivity index (χ4v) is 2.39. The Morgan fingerprint density at radius 1 is 1.56 bits per heavy atom. The maximum atomic E-state index is 5.91. The average molecular weight is 249 g/mol.